The minimum absolute atomic E-state index is 0. The standard InChI is InChI=1S/C28H33N5O2.ClH/c1-28(2,29)27(35)31-24(17-20-18-30-23-9-5-4-8-22(20)23)26(34)32-14-12-21(13-15-32)33-16-11-19-7-3-6-10-25(19)33;/h3-11,16,18,21,24,30H,12-15,17,29H2,1-2H3,(H,31,35);1H/t24-;/m1./s1. The van der Waals surface area contributed by atoms with Gasteiger partial charge >= 0.3 is 0 Å². The van der Waals surface area contributed by atoms with Gasteiger partial charge in [0.25, 0.3) is 0 Å². The van der Waals surface area contributed by atoms with E-state index in [-0.39, 0.29) is 24.2 Å². The molecule has 7 nitrogen and oxygen atoms in total. The number of rotatable bonds is 6. The number of hydrogen-bond acceptors (Lipinski definition) is 3. The summed E-state index contributed by atoms with van der Waals surface area (Å²) in [6.45, 7) is 4.62. The van der Waals surface area contributed by atoms with Crippen LogP contribution in [0.1, 0.15) is 38.3 Å². The van der Waals surface area contributed by atoms with Gasteiger partial charge in [0.15, 0.2) is 0 Å². The Kier molecular flexibility index (Phi) is 7.43. The van der Waals surface area contributed by atoms with Crippen LogP contribution in [0.15, 0.2) is 67.0 Å². The zero-order valence-corrected chi connectivity index (χ0v) is 21.6. The van der Waals surface area contributed by atoms with Gasteiger partial charge in [-0.2, -0.15) is 0 Å². The Balaban J connectivity index is 0.00000304. The van der Waals surface area contributed by atoms with Gasteiger partial charge in [0.2, 0.25) is 11.8 Å². The number of benzene rings is 2. The quantitative estimate of drug-likeness (QED) is 0.365. The first-order chi connectivity index (χ1) is 16.8. The van der Waals surface area contributed by atoms with Crippen molar-refractivity contribution in [2.45, 2.75) is 50.7 Å². The lowest BCUT2D eigenvalue weighted by Gasteiger charge is -2.36. The van der Waals surface area contributed by atoms with Crippen LogP contribution in [0, 0.1) is 0 Å². The van der Waals surface area contributed by atoms with Gasteiger partial charge in [-0.3, -0.25) is 9.59 Å². The highest BCUT2D eigenvalue weighted by atomic mass is 35.5. The molecular weight excluding hydrogens is 474 g/mol. The Bertz CT molecular complexity index is 1360. The van der Waals surface area contributed by atoms with E-state index < -0.39 is 11.6 Å². The lowest BCUT2D eigenvalue weighted by atomic mass is 9.99. The lowest BCUT2D eigenvalue weighted by molar-refractivity contribution is -0.138. The van der Waals surface area contributed by atoms with Crippen molar-refractivity contribution in [2.24, 2.45) is 5.73 Å². The van der Waals surface area contributed by atoms with Crippen LogP contribution in [0.4, 0.5) is 0 Å². The Morgan fingerprint density at radius 2 is 1.78 bits per heavy atom. The van der Waals surface area contributed by atoms with Crippen LogP contribution < -0.4 is 11.1 Å². The number of carbonyl (C=O) groups excluding carboxylic acids is 2. The summed E-state index contributed by atoms with van der Waals surface area (Å²) in [6.07, 6.45) is 6.23. The van der Waals surface area contributed by atoms with Crippen molar-refractivity contribution in [3.05, 3.63) is 72.6 Å². The van der Waals surface area contributed by atoms with E-state index in [0.717, 1.165) is 29.3 Å². The number of halogens is 1. The number of aromatic amines is 1. The number of aromatic nitrogens is 2. The number of fused-ring (bicyclic) bond motifs is 2. The van der Waals surface area contributed by atoms with E-state index in [1.165, 1.54) is 10.9 Å². The summed E-state index contributed by atoms with van der Waals surface area (Å²) in [5.41, 5.74) is 8.22. The number of nitrogens with two attached hydrogens (primary N) is 1. The number of hydrogen-bond donors (Lipinski definition) is 3. The van der Waals surface area contributed by atoms with Crippen LogP contribution in [0.2, 0.25) is 0 Å². The number of para-hydroxylation sites is 2. The molecule has 36 heavy (non-hydrogen) atoms. The molecule has 1 atom stereocenters. The number of piperidine rings is 1. The van der Waals surface area contributed by atoms with Crippen molar-refractivity contribution in [3.63, 3.8) is 0 Å². The van der Waals surface area contributed by atoms with Gasteiger partial charge in [-0.15, -0.1) is 12.4 Å². The summed E-state index contributed by atoms with van der Waals surface area (Å²) >= 11 is 0. The second-order valence-electron chi connectivity index (χ2n) is 10.1. The summed E-state index contributed by atoms with van der Waals surface area (Å²) in [5, 5.41) is 5.24. The summed E-state index contributed by atoms with van der Waals surface area (Å²) < 4.78 is 2.33. The fraction of sp³-hybridized carbons (Fsp3) is 0.357. The first-order valence-electron chi connectivity index (χ1n) is 12.3. The number of amides is 2. The minimum atomic E-state index is -1.07. The maximum Gasteiger partial charge on any atom is 0.245 e. The van der Waals surface area contributed by atoms with Gasteiger partial charge in [-0.1, -0.05) is 36.4 Å². The molecule has 2 aromatic heterocycles. The normalized spacial score (nSPS) is 15.6. The Morgan fingerprint density at radius 1 is 1.08 bits per heavy atom. The van der Waals surface area contributed by atoms with Gasteiger partial charge in [0, 0.05) is 54.4 Å². The Hall–Kier alpha value is -3.29. The Labute approximate surface area is 217 Å². The van der Waals surface area contributed by atoms with Crippen LogP contribution in [0.3, 0.4) is 0 Å². The van der Waals surface area contributed by atoms with E-state index in [1.807, 2.05) is 35.4 Å². The fourth-order valence-electron chi connectivity index (χ4n) is 5.07. The molecule has 1 saturated heterocycles. The lowest BCUT2D eigenvalue weighted by Crippen LogP contribution is -2.57. The summed E-state index contributed by atoms with van der Waals surface area (Å²) in [7, 11) is 0. The third-order valence-electron chi connectivity index (χ3n) is 7.09. The molecule has 0 unspecified atom stereocenters. The van der Waals surface area contributed by atoms with Gasteiger partial charge in [-0.25, -0.2) is 0 Å². The van der Waals surface area contributed by atoms with E-state index in [1.54, 1.807) is 13.8 Å². The molecule has 2 aromatic carbocycles. The van der Waals surface area contributed by atoms with Crippen LogP contribution in [-0.2, 0) is 16.0 Å². The molecule has 0 saturated carbocycles. The predicted molar refractivity (Wildman–Crippen MR) is 146 cm³/mol. The highest BCUT2D eigenvalue weighted by Gasteiger charge is 2.33. The molecule has 4 N–H and O–H groups in total. The largest absolute Gasteiger partial charge is 0.361 e. The van der Waals surface area contributed by atoms with Crippen LogP contribution in [-0.4, -0.2) is 50.9 Å². The number of nitrogens with one attached hydrogen (secondary N) is 2. The van der Waals surface area contributed by atoms with Crippen molar-refractivity contribution in [3.8, 4) is 0 Å². The molecule has 190 valence electrons. The Morgan fingerprint density at radius 3 is 2.53 bits per heavy atom. The molecule has 0 aliphatic carbocycles. The first kappa shape index (κ1) is 25.8. The summed E-state index contributed by atoms with van der Waals surface area (Å²) in [4.78, 5) is 31.6. The SMILES string of the molecule is CC(C)(N)C(=O)N[C@H](Cc1c[nH]c2ccccc12)C(=O)N1CCC(n2ccc3ccccc32)CC1.Cl. The van der Waals surface area contributed by atoms with Crippen molar-refractivity contribution in [2.75, 3.05) is 13.1 Å². The van der Waals surface area contributed by atoms with Gasteiger partial charge in [0.1, 0.15) is 6.04 Å². The van der Waals surface area contributed by atoms with Crippen LogP contribution >= 0.6 is 12.4 Å². The maximum absolute atomic E-state index is 13.7. The highest BCUT2D eigenvalue weighted by Crippen LogP contribution is 2.28. The zero-order chi connectivity index (χ0) is 24.6. The van der Waals surface area contributed by atoms with E-state index >= 15 is 0 Å². The molecule has 4 aromatic rings. The predicted octanol–water partition coefficient (Wildman–Crippen LogP) is 4.17. The van der Waals surface area contributed by atoms with E-state index in [4.69, 9.17) is 5.73 Å². The van der Waals surface area contributed by atoms with E-state index in [9.17, 15) is 9.59 Å². The monoisotopic (exact) mass is 507 g/mol. The highest BCUT2D eigenvalue weighted by molar-refractivity contribution is 5.92. The maximum atomic E-state index is 13.7. The number of carbonyl (C=O) groups is 2. The first-order valence-corrected chi connectivity index (χ1v) is 12.3. The number of nitrogens with zero attached hydrogens (tertiary/aromatic N) is 2. The molecule has 1 fully saturated rings. The molecule has 0 radical (unpaired) electrons. The third-order valence-corrected chi connectivity index (χ3v) is 7.09. The van der Waals surface area contributed by atoms with E-state index in [0.29, 0.717) is 25.6 Å². The van der Waals surface area contributed by atoms with Crippen LogP contribution in [0.5, 0.6) is 0 Å². The number of H-pyrrole nitrogens is 1. The zero-order valence-electron chi connectivity index (χ0n) is 20.7. The number of likely N-dealkylation sites (tertiary alicyclic amines) is 1. The van der Waals surface area contributed by atoms with Gasteiger partial charge in [0.05, 0.1) is 5.54 Å². The average Bonchev–Trinajstić information content (AvgIpc) is 3.47. The molecule has 8 heteroatoms. The average molecular weight is 508 g/mol. The van der Waals surface area contributed by atoms with Crippen molar-refractivity contribution < 1.29 is 9.59 Å². The molecular formula is C28H34ClN5O2. The van der Waals surface area contributed by atoms with Gasteiger partial charge in [-0.05, 0) is 55.8 Å². The molecule has 1 aliphatic heterocycles. The molecule has 1 aliphatic rings. The van der Waals surface area contributed by atoms with Crippen molar-refractivity contribution >= 4 is 46.0 Å². The van der Waals surface area contributed by atoms with Crippen molar-refractivity contribution in [1.29, 1.82) is 0 Å². The molecule has 5 rings (SSSR count). The second kappa shape index (κ2) is 10.4. The van der Waals surface area contributed by atoms with Crippen LogP contribution in [0.25, 0.3) is 21.8 Å². The summed E-state index contributed by atoms with van der Waals surface area (Å²) in [6, 6.07) is 18.2. The second-order valence-corrected chi connectivity index (χ2v) is 10.1. The molecule has 0 spiro atoms. The van der Waals surface area contributed by atoms with E-state index in [2.05, 4.69) is 51.4 Å². The third kappa shape index (κ3) is 5.13. The molecule has 3 heterocycles. The van der Waals surface area contributed by atoms with Crippen molar-refractivity contribution in [1.82, 2.24) is 19.8 Å². The smallest absolute Gasteiger partial charge is 0.245 e. The topological polar surface area (TPSA) is 96.1 Å². The summed E-state index contributed by atoms with van der Waals surface area (Å²) in [5.74, 6) is -0.381. The molecule has 2 amide bonds. The van der Waals surface area contributed by atoms with Gasteiger partial charge < -0.3 is 25.5 Å². The minimum Gasteiger partial charge on any atom is -0.361 e. The molecule has 0 bridgehead atoms. The fourth-order valence-corrected chi connectivity index (χ4v) is 5.07.